The molecule has 6 heteroatoms. The van der Waals surface area contributed by atoms with E-state index in [1.165, 1.54) is 193 Å². The van der Waals surface area contributed by atoms with E-state index in [1.54, 1.807) is 0 Å². The number of carbonyl (C=O) groups excluding carboxylic acids is 3. The molecular weight excluding hydrogens is 757 g/mol. The fraction of sp³-hybridized carbons (Fsp3) is 0.945. The van der Waals surface area contributed by atoms with Crippen LogP contribution in [0.4, 0.5) is 0 Å². The molecule has 0 saturated carbocycles. The SMILES string of the molecule is CCCCCCCCCCCCCCCCCCC(=O)O[C@H](COC(=O)CCCCCCCCCCCCCCC(C)C)COC(=O)CCCCCCCCCCC(C)CC. The topological polar surface area (TPSA) is 78.9 Å². The number of hydrogen-bond acceptors (Lipinski definition) is 6. The van der Waals surface area contributed by atoms with E-state index in [0.717, 1.165) is 69.6 Å². The van der Waals surface area contributed by atoms with Crippen LogP contribution in [0.2, 0.25) is 0 Å². The van der Waals surface area contributed by atoms with Gasteiger partial charge in [0, 0.05) is 19.3 Å². The first-order valence-electron chi connectivity index (χ1n) is 27.3. The van der Waals surface area contributed by atoms with Crippen LogP contribution in [-0.4, -0.2) is 37.2 Å². The van der Waals surface area contributed by atoms with Crippen LogP contribution in [0.15, 0.2) is 0 Å². The highest BCUT2D eigenvalue weighted by Crippen LogP contribution is 2.18. The van der Waals surface area contributed by atoms with Crippen molar-refractivity contribution in [3.05, 3.63) is 0 Å². The third-order valence-corrected chi connectivity index (χ3v) is 12.8. The molecular formula is C55H106O6. The number of ether oxygens (including phenoxy) is 3. The Morgan fingerprint density at radius 2 is 0.623 bits per heavy atom. The molecule has 0 heterocycles. The quantitative estimate of drug-likeness (QED) is 0.0344. The van der Waals surface area contributed by atoms with Crippen molar-refractivity contribution in [3.8, 4) is 0 Å². The minimum atomic E-state index is -0.762. The van der Waals surface area contributed by atoms with Gasteiger partial charge in [-0.1, -0.05) is 266 Å². The van der Waals surface area contributed by atoms with Gasteiger partial charge in [0.1, 0.15) is 13.2 Å². The van der Waals surface area contributed by atoms with Gasteiger partial charge in [0.05, 0.1) is 0 Å². The van der Waals surface area contributed by atoms with Gasteiger partial charge in [-0.3, -0.25) is 14.4 Å². The number of rotatable bonds is 49. The Morgan fingerprint density at radius 1 is 0.344 bits per heavy atom. The van der Waals surface area contributed by atoms with Gasteiger partial charge in [0.15, 0.2) is 6.10 Å². The van der Waals surface area contributed by atoms with E-state index in [1.807, 2.05) is 0 Å². The van der Waals surface area contributed by atoms with Crippen LogP contribution in [0.3, 0.4) is 0 Å². The highest BCUT2D eigenvalue weighted by Gasteiger charge is 2.19. The van der Waals surface area contributed by atoms with E-state index >= 15 is 0 Å². The second kappa shape index (κ2) is 47.9. The van der Waals surface area contributed by atoms with E-state index < -0.39 is 6.10 Å². The predicted octanol–water partition coefficient (Wildman–Crippen LogP) is 17.7. The first-order valence-corrected chi connectivity index (χ1v) is 27.3. The van der Waals surface area contributed by atoms with Gasteiger partial charge < -0.3 is 14.2 Å². The van der Waals surface area contributed by atoms with Crippen LogP contribution in [0.5, 0.6) is 0 Å². The molecule has 362 valence electrons. The van der Waals surface area contributed by atoms with Crippen molar-refractivity contribution in [2.75, 3.05) is 13.2 Å². The molecule has 0 aromatic heterocycles. The highest BCUT2D eigenvalue weighted by atomic mass is 16.6. The van der Waals surface area contributed by atoms with Crippen LogP contribution in [0.25, 0.3) is 0 Å². The van der Waals surface area contributed by atoms with Crippen LogP contribution >= 0.6 is 0 Å². The second-order valence-electron chi connectivity index (χ2n) is 19.6. The smallest absolute Gasteiger partial charge is 0.306 e. The highest BCUT2D eigenvalue weighted by molar-refractivity contribution is 5.71. The number of unbranched alkanes of at least 4 members (excludes halogenated alkanes) is 33. The van der Waals surface area contributed by atoms with Gasteiger partial charge in [0.25, 0.3) is 0 Å². The maximum Gasteiger partial charge on any atom is 0.306 e. The van der Waals surface area contributed by atoms with E-state index in [9.17, 15) is 14.4 Å². The summed E-state index contributed by atoms with van der Waals surface area (Å²) in [6.07, 6.45) is 49.4. The maximum absolute atomic E-state index is 12.8. The molecule has 0 N–H and O–H groups in total. The molecule has 0 amide bonds. The summed E-state index contributed by atoms with van der Waals surface area (Å²) >= 11 is 0. The first-order chi connectivity index (χ1) is 29.8. The molecule has 0 bridgehead atoms. The zero-order valence-corrected chi connectivity index (χ0v) is 41.8. The summed E-state index contributed by atoms with van der Waals surface area (Å²) in [5, 5.41) is 0. The maximum atomic E-state index is 12.8. The minimum absolute atomic E-state index is 0.0636. The van der Waals surface area contributed by atoms with E-state index in [0.29, 0.717) is 19.3 Å². The number of esters is 3. The molecule has 2 atom stereocenters. The Hall–Kier alpha value is -1.59. The monoisotopic (exact) mass is 863 g/mol. The molecule has 0 fully saturated rings. The van der Waals surface area contributed by atoms with Crippen molar-refractivity contribution >= 4 is 17.9 Å². The van der Waals surface area contributed by atoms with Crippen molar-refractivity contribution < 1.29 is 28.6 Å². The summed E-state index contributed by atoms with van der Waals surface area (Å²) in [6, 6.07) is 0. The Bertz CT molecular complexity index is 933. The van der Waals surface area contributed by atoms with Crippen LogP contribution in [-0.2, 0) is 28.6 Å². The molecule has 0 saturated heterocycles. The van der Waals surface area contributed by atoms with Gasteiger partial charge in [0.2, 0.25) is 0 Å². The number of carbonyl (C=O) groups is 3. The molecule has 0 aliphatic carbocycles. The van der Waals surface area contributed by atoms with Crippen molar-refractivity contribution in [2.24, 2.45) is 11.8 Å². The standard InChI is InChI=1S/C55H106O6/c1-6-8-9-10-11-12-13-14-15-16-17-22-25-32-37-42-47-55(58)61-52(49-60-54(57)46-41-36-31-27-26-29-34-39-44-51(5)7-2)48-59-53(56)45-40-35-30-24-21-19-18-20-23-28-33-38-43-50(3)4/h50-52H,6-49H2,1-5H3/t51?,52-/m1/s1. The normalized spacial score (nSPS) is 12.5. The van der Waals surface area contributed by atoms with E-state index in [-0.39, 0.29) is 31.1 Å². The molecule has 0 rings (SSSR count). The third kappa shape index (κ3) is 47.7. The van der Waals surface area contributed by atoms with Crippen LogP contribution in [0.1, 0.15) is 304 Å². The minimum Gasteiger partial charge on any atom is -0.462 e. The second-order valence-corrected chi connectivity index (χ2v) is 19.6. The van der Waals surface area contributed by atoms with Gasteiger partial charge in [-0.15, -0.1) is 0 Å². The predicted molar refractivity (Wildman–Crippen MR) is 261 cm³/mol. The Kier molecular flexibility index (Phi) is 46.6. The average molecular weight is 863 g/mol. The molecule has 1 unspecified atom stereocenters. The van der Waals surface area contributed by atoms with Crippen molar-refractivity contribution in [3.63, 3.8) is 0 Å². The lowest BCUT2D eigenvalue weighted by Gasteiger charge is -2.18. The third-order valence-electron chi connectivity index (χ3n) is 12.8. The lowest BCUT2D eigenvalue weighted by molar-refractivity contribution is -0.167. The Morgan fingerprint density at radius 3 is 0.934 bits per heavy atom. The molecule has 61 heavy (non-hydrogen) atoms. The molecule has 0 aliphatic rings. The molecule has 0 aromatic carbocycles. The summed E-state index contributed by atoms with van der Waals surface area (Å²) in [4.78, 5) is 38.0. The van der Waals surface area contributed by atoms with Gasteiger partial charge in [-0.25, -0.2) is 0 Å². The number of hydrogen-bond donors (Lipinski definition) is 0. The zero-order chi connectivity index (χ0) is 44.7. The summed E-state index contributed by atoms with van der Waals surface area (Å²) in [5.41, 5.74) is 0. The molecule has 0 spiro atoms. The van der Waals surface area contributed by atoms with E-state index in [2.05, 4.69) is 34.6 Å². The van der Waals surface area contributed by atoms with Crippen molar-refractivity contribution in [1.82, 2.24) is 0 Å². The fourth-order valence-electron chi connectivity index (χ4n) is 8.31. The van der Waals surface area contributed by atoms with Gasteiger partial charge >= 0.3 is 17.9 Å². The molecule has 0 aromatic rings. The first kappa shape index (κ1) is 59.4. The fourth-order valence-corrected chi connectivity index (χ4v) is 8.31. The Labute approximate surface area is 380 Å². The summed E-state index contributed by atoms with van der Waals surface area (Å²) in [5.74, 6) is 0.836. The van der Waals surface area contributed by atoms with Crippen molar-refractivity contribution in [1.29, 1.82) is 0 Å². The molecule has 0 aliphatic heterocycles. The Balaban J connectivity index is 4.31. The van der Waals surface area contributed by atoms with Crippen LogP contribution in [0, 0.1) is 11.8 Å². The van der Waals surface area contributed by atoms with Gasteiger partial charge in [-0.05, 0) is 31.1 Å². The molecule has 0 radical (unpaired) electrons. The summed E-state index contributed by atoms with van der Waals surface area (Å²) in [6.45, 7) is 11.4. The van der Waals surface area contributed by atoms with E-state index in [4.69, 9.17) is 14.2 Å². The van der Waals surface area contributed by atoms with Crippen molar-refractivity contribution in [2.45, 2.75) is 310 Å². The lowest BCUT2D eigenvalue weighted by atomic mass is 9.99. The summed E-state index contributed by atoms with van der Waals surface area (Å²) < 4.78 is 16.8. The van der Waals surface area contributed by atoms with Gasteiger partial charge in [-0.2, -0.15) is 0 Å². The lowest BCUT2D eigenvalue weighted by Crippen LogP contribution is -2.30. The largest absolute Gasteiger partial charge is 0.462 e. The zero-order valence-electron chi connectivity index (χ0n) is 41.8. The molecule has 6 nitrogen and oxygen atoms in total. The average Bonchev–Trinajstić information content (AvgIpc) is 3.24. The van der Waals surface area contributed by atoms with Crippen LogP contribution < -0.4 is 0 Å². The summed E-state index contributed by atoms with van der Waals surface area (Å²) in [7, 11) is 0.